The number of hydrogen-bond donors (Lipinski definition) is 2. The highest BCUT2D eigenvalue weighted by molar-refractivity contribution is 5.99. The van der Waals surface area contributed by atoms with Crippen LogP contribution >= 0.6 is 0 Å². The lowest BCUT2D eigenvalue weighted by atomic mass is 10.1. The molecule has 2 aliphatic rings. The van der Waals surface area contributed by atoms with Crippen LogP contribution in [0.1, 0.15) is 24.8 Å². The van der Waals surface area contributed by atoms with Crippen molar-refractivity contribution in [2.75, 3.05) is 29.9 Å². The Morgan fingerprint density at radius 3 is 2.28 bits per heavy atom. The Hall–Kier alpha value is -2.97. The third-order valence-electron chi connectivity index (χ3n) is 3.87. The van der Waals surface area contributed by atoms with Gasteiger partial charge in [-0.25, -0.2) is 14.6 Å². The number of carboxylic acids is 2. The highest BCUT2D eigenvalue weighted by atomic mass is 16.4. The van der Waals surface area contributed by atoms with Gasteiger partial charge in [0, 0.05) is 44.0 Å². The lowest BCUT2D eigenvalue weighted by Crippen LogP contribution is -2.31. The number of fused-ring (bicyclic) bond motifs is 1. The molecule has 0 aromatic carbocycles. The van der Waals surface area contributed by atoms with Gasteiger partial charge in [0.1, 0.15) is 5.82 Å². The van der Waals surface area contributed by atoms with Crippen LogP contribution in [0.5, 0.6) is 0 Å². The molecule has 3 heterocycles. The van der Waals surface area contributed by atoms with Gasteiger partial charge in [0.25, 0.3) is 0 Å². The van der Waals surface area contributed by atoms with Crippen LogP contribution in [0, 0.1) is 0 Å². The molecule has 1 fully saturated rings. The topological polar surface area (TPSA) is 124 Å². The number of hydrogen-bond acceptors (Lipinski definition) is 6. The summed E-state index contributed by atoms with van der Waals surface area (Å²) in [5.74, 6) is -0.861. The molecule has 9 nitrogen and oxygen atoms in total. The van der Waals surface area contributed by atoms with Crippen LogP contribution in [0.3, 0.4) is 0 Å². The van der Waals surface area contributed by atoms with Crippen molar-refractivity contribution in [1.29, 1.82) is 0 Å². The summed E-state index contributed by atoms with van der Waals surface area (Å²) in [5, 5.41) is 15.6. The molecule has 1 amide bonds. The minimum atomic E-state index is -1.26. The second-order valence-corrected chi connectivity index (χ2v) is 5.71. The maximum absolute atomic E-state index is 11.6. The number of carbonyl (C=O) groups excluding carboxylic acids is 1. The first-order chi connectivity index (χ1) is 11.9. The monoisotopic (exact) mass is 348 g/mol. The summed E-state index contributed by atoms with van der Waals surface area (Å²) in [5.41, 5.74) is 0.943. The van der Waals surface area contributed by atoms with Gasteiger partial charge in [0.2, 0.25) is 11.9 Å². The van der Waals surface area contributed by atoms with Crippen molar-refractivity contribution in [2.45, 2.75) is 25.7 Å². The largest absolute Gasteiger partial charge is 0.478 e. The number of aliphatic carboxylic acids is 2. The van der Waals surface area contributed by atoms with Crippen LogP contribution in [-0.4, -0.2) is 58.2 Å². The SMILES string of the molecule is CN1C(=O)Cc2cnc(N3CCCCC3)nc21.O=C(O)C=CC(=O)O. The Kier molecular flexibility index (Phi) is 6.04. The average molecular weight is 348 g/mol. The zero-order valence-corrected chi connectivity index (χ0v) is 13.9. The molecule has 1 aromatic heterocycles. The van der Waals surface area contributed by atoms with E-state index < -0.39 is 11.9 Å². The van der Waals surface area contributed by atoms with E-state index in [0.29, 0.717) is 18.6 Å². The summed E-state index contributed by atoms with van der Waals surface area (Å²) in [6, 6.07) is 0. The highest BCUT2D eigenvalue weighted by Gasteiger charge is 2.27. The number of rotatable bonds is 3. The normalized spacial score (nSPS) is 16.4. The number of carbonyl (C=O) groups is 3. The molecule has 3 rings (SSSR count). The zero-order valence-electron chi connectivity index (χ0n) is 13.9. The number of nitrogens with zero attached hydrogens (tertiary/aromatic N) is 4. The molecule has 0 unspecified atom stereocenters. The molecule has 0 radical (unpaired) electrons. The Morgan fingerprint density at radius 1 is 1.12 bits per heavy atom. The first-order valence-electron chi connectivity index (χ1n) is 7.90. The molecule has 2 aliphatic heterocycles. The van der Waals surface area contributed by atoms with E-state index in [-0.39, 0.29) is 5.91 Å². The predicted octanol–water partition coefficient (Wildman–Crippen LogP) is 0.698. The van der Waals surface area contributed by atoms with E-state index in [9.17, 15) is 14.4 Å². The zero-order chi connectivity index (χ0) is 18.4. The Labute approximate surface area is 144 Å². The summed E-state index contributed by atoms with van der Waals surface area (Å²) >= 11 is 0. The average Bonchev–Trinajstić information content (AvgIpc) is 2.88. The van der Waals surface area contributed by atoms with E-state index >= 15 is 0 Å². The van der Waals surface area contributed by atoms with Gasteiger partial charge < -0.3 is 15.1 Å². The molecule has 0 atom stereocenters. The van der Waals surface area contributed by atoms with Gasteiger partial charge in [0.05, 0.1) is 6.42 Å². The lowest BCUT2D eigenvalue weighted by molar-refractivity contribution is -0.134. The van der Waals surface area contributed by atoms with E-state index in [2.05, 4.69) is 14.9 Å². The van der Waals surface area contributed by atoms with E-state index in [1.807, 2.05) is 0 Å². The summed E-state index contributed by atoms with van der Waals surface area (Å²) < 4.78 is 0. The van der Waals surface area contributed by atoms with Crippen LogP contribution in [-0.2, 0) is 20.8 Å². The van der Waals surface area contributed by atoms with E-state index in [0.717, 1.165) is 30.4 Å². The summed E-state index contributed by atoms with van der Waals surface area (Å²) in [6.07, 6.45) is 7.05. The fourth-order valence-corrected chi connectivity index (χ4v) is 2.59. The molecule has 1 aromatic rings. The predicted molar refractivity (Wildman–Crippen MR) is 89.6 cm³/mol. The quantitative estimate of drug-likeness (QED) is 0.765. The van der Waals surface area contributed by atoms with E-state index in [1.165, 1.54) is 19.3 Å². The van der Waals surface area contributed by atoms with Gasteiger partial charge in [0.15, 0.2) is 0 Å². The van der Waals surface area contributed by atoms with Gasteiger partial charge in [-0.2, -0.15) is 4.98 Å². The van der Waals surface area contributed by atoms with Crippen molar-refractivity contribution >= 4 is 29.6 Å². The molecule has 25 heavy (non-hydrogen) atoms. The van der Waals surface area contributed by atoms with Gasteiger partial charge in [-0.05, 0) is 19.3 Å². The second kappa shape index (κ2) is 8.22. The molecule has 0 spiro atoms. The van der Waals surface area contributed by atoms with Gasteiger partial charge in [-0.1, -0.05) is 0 Å². The smallest absolute Gasteiger partial charge is 0.328 e. The maximum Gasteiger partial charge on any atom is 0.328 e. The molecule has 9 heteroatoms. The highest BCUT2D eigenvalue weighted by Crippen LogP contribution is 2.27. The molecule has 2 N–H and O–H groups in total. The number of anilines is 2. The van der Waals surface area contributed by atoms with E-state index in [4.69, 9.17) is 10.2 Å². The summed E-state index contributed by atoms with van der Waals surface area (Å²) in [4.78, 5) is 43.4. The number of likely N-dealkylation sites (N-methyl/N-ethyl adjacent to an activating group) is 1. The fourth-order valence-electron chi connectivity index (χ4n) is 2.59. The fraction of sp³-hybridized carbons (Fsp3) is 0.438. The van der Waals surface area contributed by atoms with Crippen LogP contribution in [0.15, 0.2) is 18.3 Å². The van der Waals surface area contributed by atoms with Gasteiger partial charge >= 0.3 is 11.9 Å². The molecule has 1 saturated heterocycles. The Bertz CT molecular complexity index is 682. The van der Waals surface area contributed by atoms with Crippen LogP contribution in [0.25, 0.3) is 0 Å². The molecular weight excluding hydrogens is 328 g/mol. The Balaban J connectivity index is 0.000000242. The lowest BCUT2D eigenvalue weighted by Gasteiger charge is -2.27. The third-order valence-corrected chi connectivity index (χ3v) is 3.87. The number of carboxylic acid groups (broad SMARTS) is 2. The van der Waals surface area contributed by atoms with Gasteiger partial charge in [-0.3, -0.25) is 9.69 Å². The third kappa shape index (κ3) is 5.00. The first-order valence-corrected chi connectivity index (χ1v) is 7.90. The molecule has 0 aliphatic carbocycles. The Morgan fingerprint density at radius 2 is 1.72 bits per heavy atom. The van der Waals surface area contributed by atoms with Crippen molar-refractivity contribution in [2.24, 2.45) is 0 Å². The van der Waals surface area contributed by atoms with Gasteiger partial charge in [-0.15, -0.1) is 0 Å². The van der Waals surface area contributed by atoms with Crippen molar-refractivity contribution in [3.05, 3.63) is 23.9 Å². The molecule has 0 saturated carbocycles. The van der Waals surface area contributed by atoms with Crippen molar-refractivity contribution < 1.29 is 24.6 Å². The number of piperidine rings is 1. The molecular formula is C16H20N4O5. The molecule has 134 valence electrons. The van der Waals surface area contributed by atoms with Crippen molar-refractivity contribution in [1.82, 2.24) is 9.97 Å². The number of amides is 1. The van der Waals surface area contributed by atoms with Crippen LogP contribution < -0.4 is 9.80 Å². The standard InChI is InChI=1S/C12H16N4O.C4H4O4/c1-15-10(17)7-9-8-13-12(14-11(9)15)16-5-3-2-4-6-16;5-3(6)1-2-4(7)8/h8H,2-7H2,1H3;1-2H,(H,5,6)(H,7,8). The maximum atomic E-state index is 11.6. The van der Waals surface area contributed by atoms with Crippen LogP contribution in [0.4, 0.5) is 11.8 Å². The van der Waals surface area contributed by atoms with Crippen LogP contribution in [0.2, 0.25) is 0 Å². The van der Waals surface area contributed by atoms with Crippen molar-refractivity contribution in [3.63, 3.8) is 0 Å². The van der Waals surface area contributed by atoms with E-state index in [1.54, 1.807) is 18.1 Å². The number of aromatic nitrogens is 2. The minimum Gasteiger partial charge on any atom is -0.478 e. The second-order valence-electron chi connectivity index (χ2n) is 5.71. The first kappa shape index (κ1) is 18.4. The molecule has 0 bridgehead atoms. The minimum absolute atomic E-state index is 0.102. The van der Waals surface area contributed by atoms with Crippen molar-refractivity contribution in [3.8, 4) is 0 Å². The summed E-state index contributed by atoms with van der Waals surface area (Å²) in [6.45, 7) is 2.05. The summed E-state index contributed by atoms with van der Waals surface area (Å²) in [7, 11) is 1.78.